The monoisotopic (exact) mass is 349 g/mol. The van der Waals surface area contributed by atoms with Crippen LogP contribution in [-0.4, -0.2) is 35.2 Å². The number of hydrogen-bond donors (Lipinski definition) is 2. The smallest absolute Gasteiger partial charge is 0.326 e. The highest BCUT2D eigenvalue weighted by Crippen LogP contribution is 2.23. The molecule has 1 amide bonds. The normalized spacial score (nSPS) is 14.0. The van der Waals surface area contributed by atoms with Gasteiger partial charge in [0.1, 0.15) is 6.04 Å². The first-order valence-corrected chi connectivity index (χ1v) is 8.85. The summed E-state index contributed by atoms with van der Waals surface area (Å²) in [7, 11) is 0. The number of carboxylic acid groups (broad SMARTS) is 1. The molecule has 0 saturated heterocycles. The number of ether oxygens (including phenoxy) is 1. The van der Waals surface area contributed by atoms with E-state index in [1.54, 1.807) is 0 Å². The standard InChI is InChI=1S/C20H31NO4/c1-6-15(16-9-7-14(2)8-10-16)13-18(22)21-17(19(23)24)11-12-25-20(3,4)5/h7-10,15,17H,6,11-13H2,1-5H3,(H,21,22)(H,23,24). The summed E-state index contributed by atoms with van der Waals surface area (Å²) in [6, 6.07) is 7.19. The molecule has 5 nitrogen and oxygen atoms in total. The summed E-state index contributed by atoms with van der Waals surface area (Å²) in [6.07, 6.45) is 1.35. The second kappa shape index (κ2) is 9.56. The fraction of sp³-hybridized carbons (Fsp3) is 0.600. The molecule has 2 N–H and O–H groups in total. The molecule has 2 unspecified atom stereocenters. The van der Waals surface area contributed by atoms with Crippen LogP contribution in [0.25, 0.3) is 0 Å². The Hall–Kier alpha value is -1.88. The van der Waals surface area contributed by atoms with E-state index in [1.165, 1.54) is 5.56 Å². The SMILES string of the molecule is CCC(CC(=O)NC(CCOC(C)(C)C)C(=O)O)c1ccc(C)cc1. The quantitative estimate of drug-likeness (QED) is 0.713. The first-order valence-electron chi connectivity index (χ1n) is 8.85. The van der Waals surface area contributed by atoms with E-state index < -0.39 is 12.0 Å². The highest BCUT2D eigenvalue weighted by Gasteiger charge is 2.23. The van der Waals surface area contributed by atoms with Crippen LogP contribution >= 0.6 is 0 Å². The Morgan fingerprint density at radius 3 is 2.28 bits per heavy atom. The van der Waals surface area contributed by atoms with E-state index in [-0.39, 0.29) is 36.9 Å². The Bertz CT molecular complexity index is 560. The zero-order valence-electron chi connectivity index (χ0n) is 16.0. The minimum Gasteiger partial charge on any atom is -0.480 e. The van der Waals surface area contributed by atoms with Crippen molar-refractivity contribution in [3.63, 3.8) is 0 Å². The molecule has 1 aromatic rings. The molecule has 0 bridgehead atoms. The number of nitrogens with one attached hydrogen (secondary N) is 1. The highest BCUT2D eigenvalue weighted by atomic mass is 16.5. The maximum Gasteiger partial charge on any atom is 0.326 e. The number of benzene rings is 1. The maximum atomic E-state index is 12.3. The van der Waals surface area contributed by atoms with E-state index in [0.29, 0.717) is 0 Å². The van der Waals surface area contributed by atoms with Crippen LogP contribution in [0.5, 0.6) is 0 Å². The molecule has 0 aliphatic rings. The fourth-order valence-corrected chi connectivity index (χ4v) is 2.55. The molecule has 1 aromatic carbocycles. The van der Waals surface area contributed by atoms with E-state index in [9.17, 15) is 14.7 Å². The van der Waals surface area contributed by atoms with Crippen molar-refractivity contribution in [3.05, 3.63) is 35.4 Å². The van der Waals surface area contributed by atoms with Crippen LogP contribution < -0.4 is 5.32 Å². The number of rotatable bonds is 9. The Morgan fingerprint density at radius 1 is 1.20 bits per heavy atom. The van der Waals surface area contributed by atoms with E-state index in [2.05, 4.69) is 5.32 Å². The van der Waals surface area contributed by atoms with Crippen molar-refractivity contribution < 1.29 is 19.4 Å². The molecular weight excluding hydrogens is 318 g/mol. The van der Waals surface area contributed by atoms with Gasteiger partial charge < -0.3 is 15.2 Å². The van der Waals surface area contributed by atoms with Crippen LogP contribution in [-0.2, 0) is 14.3 Å². The van der Waals surface area contributed by atoms with Gasteiger partial charge in [-0.3, -0.25) is 4.79 Å². The van der Waals surface area contributed by atoms with Crippen molar-refractivity contribution in [2.45, 2.75) is 71.4 Å². The van der Waals surface area contributed by atoms with Gasteiger partial charge in [-0.1, -0.05) is 36.8 Å². The average Bonchev–Trinajstić information content (AvgIpc) is 2.51. The van der Waals surface area contributed by atoms with Gasteiger partial charge in [0, 0.05) is 19.4 Å². The number of carboxylic acids is 1. The lowest BCUT2D eigenvalue weighted by Gasteiger charge is -2.22. The minimum absolute atomic E-state index is 0.0841. The molecule has 2 atom stereocenters. The molecule has 0 saturated carbocycles. The predicted octanol–water partition coefficient (Wildman–Crippen LogP) is 3.65. The number of carbonyl (C=O) groups excluding carboxylic acids is 1. The minimum atomic E-state index is -1.03. The second-order valence-electron chi connectivity index (χ2n) is 7.43. The van der Waals surface area contributed by atoms with Crippen molar-refractivity contribution in [1.29, 1.82) is 0 Å². The van der Waals surface area contributed by atoms with Gasteiger partial charge in [-0.15, -0.1) is 0 Å². The zero-order valence-corrected chi connectivity index (χ0v) is 16.0. The lowest BCUT2D eigenvalue weighted by atomic mass is 9.92. The number of aryl methyl sites for hydroxylation is 1. The Kier molecular flexibility index (Phi) is 8.10. The van der Waals surface area contributed by atoms with E-state index in [1.807, 2.05) is 58.9 Å². The average molecular weight is 349 g/mol. The third-order valence-electron chi connectivity index (χ3n) is 4.05. The molecule has 0 fully saturated rings. The second-order valence-corrected chi connectivity index (χ2v) is 7.43. The van der Waals surface area contributed by atoms with Crippen LogP contribution in [0.4, 0.5) is 0 Å². The van der Waals surface area contributed by atoms with Gasteiger partial charge >= 0.3 is 5.97 Å². The maximum absolute atomic E-state index is 12.3. The van der Waals surface area contributed by atoms with Crippen molar-refractivity contribution in [2.75, 3.05) is 6.61 Å². The summed E-state index contributed by atoms with van der Waals surface area (Å²) in [5.41, 5.74) is 1.95. The van der Waals surface area contributed by atoms with E-state index >= 15 is 0 Å². The largest absolute Gasteiger partial charge is 0.480 e. The molecule has 0 heterocycles. The number of amides is 1. The van der Waals surface area contributed by atoms with E-state index in [4.69, 9.17) is 4.74 Å². The number of carbonyl (C=O) groups is 2. The van der Waals surface area contributed by atoms with E-state index in [0.717, 1.165) is 12.0 Å². The third-order valence-corrected chi connectivity index (χ3v) is 4.05. The van der Waals surface area contributed by atoms with Crippen LogP contribution in [0.2, 0.25) is 0 Å². The summed E-state index contributed by atoms with van der Waals surface area (Å²) in [5, 5.41) is 12.0. The van der Waals surface area contributed by atoms with Crippen molar-refractivity contribution in [2.24, 2.45) is 0 Å². The molecule has 0 radical (unpaired) electrons. The summed E-state index contributed by atoms with van der Waals surface area (Å²) in [6.45, 7) is 10.1. The Labute approximate surface area is 150 Å². The number of hydrogen-bond acceptors (Lipinski definition) is 3. The molecule has 25 heavy (non-hydrogen) atoms. The van der Waals surface area contributed by atoms with Crippen LogP contribution in [0.15, 0.2) is 24.3 Å². The molecular formula is C20H31NO4. The lowest BCUT2D eigenvalue weighted by Crippen LogP contribution is -2.42. The molecule has 0 aliphatic heterocycles. The van der Waals surface area contributed by atoms with Gasteiger partial charge in [0.05, 0.1) is 5.60 Å². The predicted molar refractivity (Wildman–Crippen MR) is 98.7 cm³/mol. The van der Waals surface area contributed by atoms with Crippen LogP contribution in [0, 0.1) is 6.92 Å². The molecule has 5 heteroatoms. The molecule has 0 spiro atoms. The van der Waals surface area contributed by atoms with Crippen molar-refractivity contribution >= 4 is 11.9 Å². The summed E-state index contributed by atoms with van der Waals surface area (Å²) < 4.78 is 5.56. The van der Waals surface area contributed by atoms with Gasteiger partial charge in [-0.05, 0) is 45.6 Å². The van der Waals surface area contributed by atoms with Crippen LogP contribution in [0.3, 0.4) is 0 Å². The van der Waals surface area contributed by atoms with Gasteiger partial charge in [-0.2, -0.15) is 0 Å². The topological polar surface area (TPSA) is 75.6 Å². The first-order chi connectivity index (χ1) is 11.6. The van der Waals surface area contributed by atoms with Crippen LogP contribution in [0.1, 0.15) is 64.0 Å². The molecule has 0 aromatic heterocycles. The highest BCUT2D eigenvalue weighted by molar-refractivity contribution is 5.83. The first kappa shape index (κ1) is 21.2. The van der Waals surface area contributed by atoms with Gasteiger partial charge in [-0.25, -0.2) is 4.79 Å². The summed E-state index contributed by atoms with van der Waals surface area (Å²) in [5.74, 6) is -1.19. The molecule has 1 rings (SSSR count). The Balaban J connectivity index is 2.60. The zero-order chi connectivity index (χ0) is 19.0. The number of aliphatic carboxylic acids is 1. The third kappa shape index (κ3) is 8.16. The Morgan fingerprint density at radius 2 is 1.80 bits per heavy atom. The van der Waals surface area contributed by atoms with Gasteiger partial charge in [0.25, 0.3) is 0 Å². The molecule has 140 valence electrons. The summed E-state index contributed by atoms with van der Waals surface area (Å²) in [4.78, 5) is 23.7. The van der Waals surface area contributed by atoms with Gasteiger partial charge in [0.2, 0.25) is 5.91 Å². The van der Waals surface area contributed by atoms with Crippen molar-refractivity contribution in [3.8, 4) is 0 Å². The van der Waals surface area contributed by atoms with Crippen molar-refractivity contribution in [1.82, 2.24) is 5.32 Å². The lowest BCUT2D eigenvalue weighted by molar-refractivity contribution is -0.142. The molecule has 0 aliphatic carbocycles. The van der Waals surface area contributed by atoms with Gasteiger partial charge in [0.15, 0.2) is 0 Å². The summed E-state index contributed by atoms with van der Waals surface area (Å²) >= 11 is 0. The fourth-order valence-electron chi connectivity index (χ4n) is 2.55.